The molecule has 0 aromatic heterocycles. The maximum Gasteiger partial charge on any atom is 0.416 e. The predicted molar refractivity (Wildman–Crippen MR) is 109 cm³/mol. The third-order valence-electron chi connectivity index (χ3n) is 9.69. The Hall–Kier alpha value is -1.07. The number of hydrogen-bond acceptors (Lipinski definition) is 2. The van der Waals surface area contributed by atoms with E-state index >= 15 is 0 Å². The molecule has 2 aliphatic heterocycles. The Morgan fingerprint density at radius 3 is 2.00 bits per heavy atom. The van der Waals surface area contributed by atoms with Gasteiger partial charge in [0.05, 0.1) is 11.1 Å². The number of benzene rings is 1. The summed E-state index contributed by atoms with van der Waals surface area (Å²) >= 11 is 0. The fourth-order valence-electron chi connectivity index (χ4n) is 9.04. The molecule has 6 aliphatic rings. The molecule has 0 radical (unpaired) electrons. The van der Waals surface area contributed by atoms with Crippen LogP contribution in [0.1, 0.15) is 68.9 Å². The van der Waals surface area contributed by atoms with Crippen LogP contribution >= 0.6 is 0 Å². The zero-order valence-electron chi connectivity index (χ0n) is 17.5. The van der Waals surface area contributed by atoms with Crippen molar-refractivity contribution in [2.45, 2.75) is 75.1 Å². The molecular formula is C25H32F3NO. The van der Waals surface area contributed by atoms with E-state index in [1.807, 2.05) is 0 Å². The Bertz CT molecular complexity index is 798. The lowest BCUT2D eigenvalue weighted by atomic mass is 9.45. The molecule has 1 aromatic carbocycles. The Morgan fingerprint density at radius 1 is 0.867 bits per heavy atom. The van der Waals surface area contributed by atoms with Crippen molar-refractivity contribution in [1.82, 2.24) is 4.90 Å². The number of nitrogens with zero attached hydrogens (tertiary/aromatic N) is 1. The molecule has 1 atom stereocenters. The number of alkyl halides is 3. The van der Waals surface area contributed by atoms with Crippen molar-refractivity contribution in [2.24, 2.45) is 29.6 Å². The molecule has 0 amide bonds. The second-order valence-corrected chi connectivity index (χ2v) is 11.0. The van der Waals surface area contributed by atoms with Gasteiger partial charge in [-0.3, -0.25) is 4.90 Å². The number of hydrogen-bond donors (Lipinski definition) is 1. The van der Waals surface area contributed by atoms with Crippen molar-refractivity contribution in [1.29, 1.82) is 0 Å². The van der Waals surface area contributed by atoms with Crippen LogP contribution in [0.25, 0.3) is 0 Å². The van der Waals surface area contributed by atoms with Crippen LogP contribution in [0.3, 0.4) is 0 Å². The maximum absolute atomic E-state index is 13.6. The Morgan fingerprint density at radius 2 is 1.43 bits per heavy atom. The van der Waals surface area contributed by atoms with Gasteiger partial charge in [0, 0.05) is 0 Å². The molecule has 164 valence electrons. The van der Waals surface area contributed by atoms with Gasteiger partial charge < -0.3 is 5.11 Å². The van der Waals surface area contributed by atoms with Crippen molar-refractivity contribution in [2.75, 3.05) is 13.1 Å². The Kier molecular flexibility index (Phi) is 4.23. The van der Waals surface area contributed by atoms with Gasteiger partial charge in [0.1, 0.15) is 5.60 Å². The molecule has 4 saturated carbocycles. The average molecular weight is 420 g/mol. The molecule has 1 aromatic rings. The third-order valence-corrected chi connectivity index (χ3v) is 9.69. The first-order valence-electron chi connectivity index (χ1n) is 12.0. The molecule has 2 saturated heterocycles. The minimum atomic E-state index is -4.39. The molecular weight excluding hydrogens is 387 g/mol. The van der Waals surface area contributed by atoms with Gasteiger partial charge in [-0.1, -0.05) is 12.1 Å². The van der Waals surface area contributed by atoms with Crippen LogP contribution in [0.5, 0.6) is 0 Å². The lowest BCUT2D eigenvalue weighted by molar-refractivity contribution is -0.202. The van der Waals surface area contributed by atoms with Crippen LogP contribution < -0.4 is 0 Å². The lowest BCUT2D eigenvalue weighted by Crippen LogP contribution is -2.65. The lowest BCUT2D eigenvalue weighted by Gasteiger charge is -2.62. The summed E-state index contributed by atoms with van der Waals surface area (Å²) in [4.78, 5) is 2.44. The van der Waals surface area contributed by atoms with Gasteiger partial charge in [-0.25, -0.2) is 0 Å². The van der Waals surface area contributed by atoms with Crippen molar-refractivity contribution in [3.05, 3.63) is 35.4 Å². The van der Waals surface area contributed by atoms with Crippen molar-refractivity contribution >= 4 is 0 Å². The first-order chi connectivity index (χ1) is 14.3. The van der Waals surface area contributed by atoms with E-state index in [0.29, 0.717) is 17.4 Å². The Labute approximate surface area is 176 Å². The molecule has 4 aliphatic carbocycles. The van der Waals surface area contributed by atoms with Crippen LogP contribution in [0.4, 0.5) is 13.2 Å². The first-order valence-corrected chi connectivity index (χ1v) is 12.0. The van der Waals surface area contributed by atoms with Crippen LogP contribution in [0, 0.1) is 29.6 Å². The zero-order valence-corrected chi connectivity index (χ0v) is 17.5. The number of aliphatic hydroxyl groups is 1. The zero-order chi connectivity index (χ0) is 20.7. The molecule has 1 unspecified atom stereocenters. The van der Waals surface area contributed by atoms with E-state index in [4.69, 9.17) is 0 Å². The second kappa shape index (κ2) is 6.48. The normalized spacial score (nSPS) is 39.3. The summed E-state index contributed by atoms with van der Waals surface area (Å²) < 4.78 is 40.9. The number of halogens is 3. The van der Waals surface area contributed by atoms with E-state index in [1.165, 1.54) is 18.6 Å². The van der Waals surface area contributed by atoms with E-state index in [0.717, 1.165) is 82.4 Å². The minimum absolute atomic E-state index is 0.0903. The summed E-state index contributed by atoms with van der Waals surface area (Å²) in [5.41, 5.74) is -1.68. The van der Waals surface area contributed by atoms with E-state index in [-0.39, 0.29) is 5.92 Å². The number of rotatable bonds is 3. The molecule has 6 fully saturated rings. The SMILES string of the molecule is OC(c1cccc(C(F)(F)F)c1)(C1C2CC3CC(C2)CC1C3)C12CCCN1CCC2. The molecule has 0 spiro atoms. The Balaban J connectivity index is 1.52. The van der Waals surface area contributed by atoms with Gasteiger partial charge in [-0.15, -0.1) is 0 Å². The highest BCUT2D eigenvalue weighted by Gasteiger charge is 2.66. The largest absolute Gasteiger partial charge is 0.416 e. The topological polar surface area (TPSA) is 23.5 Å². The molecule has 5 heteroatoms. The van der Waals surface area contributed by atoms with E-state index < -0.39 is 22.9 Å². The quantitative estimate of drug-likeness (QED) is 0.690. The summed E-state index contributed by atoms with van der Waals surface area (Å²) in [7, 11) is 0. The molecule has 2 nitrogen and oxygen atoms in total. The summed E-state index contributed by atoms with van der Waals surface area (Å²) in [5, 5.41) is 12.9. The summed E-state index contributed by atoms with van der Waals surface area (Å²) in [6, 6.07) is 5.75. The highest BCUT2D eigenvalue weighted by Crippen LogP contribution is 2.65. The molecule has 1 N–H and O–H groups in total. The maximum atomic E-state index is 13.6. The summed E-state index contributed by atoms with van der Waals surface area (Å²) in [6.45, 7) is 1.93. The first kappa shape index (κ1) is 19.6. The van der Waals surface area contributed by atoms with Crippen LogP contribution in [0.15, 0.2) is 24.3 Å². The van der Waals surface area contributed by atoms with Crippen molar-refractivity contribution in [3.8, 4) is 0 Å². The van der Waals surface area contributed by atoms with Gasteiger partial charge in [0.15, 0.2) is 0 Å². The van der Waals surface area contributed by atoms with Gasteiger partial charge in [0.25, 0.3) is 0 Å². The highest BCUT2D eigenvalue weighted by molar-refractivity contribution is 5.36. The summed E-state index contributed by atoms with van der Waals surface area (Å²) in [6.07, 6.45) is 5.48. The van der Waals surface area contributed by atoms with Crippen LogP contribution in [-0.4, -0.2) is 28.6 Å². The predicted octanol–water partition coefficient (Wildman–Crippen LogP) is 5.59. The monoisotopic (exact) mass is 419 g/mol. The van der Waals surface area contributed by atoms with E-state index in [9.17, 15) is 18.3 Å². The fraction of sp³-hybridized carbons (Fsp3) is 0.760. The minimum Gasteiger partial charge on any atom is -0.383 e. The van der Waals surface area contributed by atoms with E-state index in [2.05, 4.69) is 4.90 Å². The highest BCUT2D eigenvalue weighted by atomic mass is 19.4. The van der Waals surface area contributed by atoms with Crippen LogP contribution in [0.2, 0.25) is 0 Å². The van der Waals surface area contributed by atoms with Gasteiger partial charge in [0.2, 0.25) is 0 Å². The summed E-state index contributed by atoms with van der Waals surface area (Å²) in [5.74, 6) is 2.55. The smallest absolute Gasteiger partial charge is 0.383 e. The molecule has 2 heterocycles. The average Bonchev–Trinajstić information content (AvgIpc) is 3.28. The standard InChI is InChI=1S/C25H32F3NO/c26-25(27,28)21-5-1-4-20(15-21)24(30,23-6-2-8-29(23)9-3-7-23)22-18-11-16-10-17(13-18)14-19(22)12-16/h1,4-5,15-19,22,30H,2-3,6-14H2. The molecule has 30 heavy (non-hydrogen) atoms. The van der Waals surface area contributed by atoms with Gasteiger partial charge >= 0.3 is 6.18 Å². The van der Waals surface area contributed by atoms with E-state index in [1.54, 1.807) is 6.07 Å². The van der Waals surface area contributed by atoms with Crippen molar-refractivity contribution in [3.63, 3.8) is 0 Å². The molecule has 7 rings (SSSR count). The number of fused-ring (bicyclic) bond motifs is 1. The third kappa shape index (κ3) is 2.57. The molecule has 4 bridgehead atoms. The second-order valence-electron chi connectivity index (χ2n) is 11.0. The van der Waals surface area contributed by atoms with Gasteiger partial charge in [-0.2, -0.15) is 13.2 Å². The fourth-order valence-corrected chi connectivity index (χ4v) is 9.04. The van der Waals surface area contributed by atoms with Gasteiger partial charge in [-0.05, 0) is 118 Å². The van der Waals surface area contributed by atoms with Crippen molar-refractivity contribution < 1.29 is 18.3 Å². The van der Waals surface area contributed by atoms with Crippen LogP contribution in [-0.2, 0) is 11.8 Å².